The third-order valence-electron chi connectivity index (χ3n) is 5.80. The van der Waals surface area contributed by atoms with Crippen LogP contribution in [0.2, 0.25) is 5.02 Å². The summed E-state index contributed by atoms with van der Waals surface area (Å²) in [6.45, 7) is 5.40. The first kappa shape index (κ1) is 24.5. The van der Waals surface area contributed by atoms with E-state index in [4.69, 9.17) is 16.3 Å². The molecule has 0 aromatic heterocycles. The molecule has 0 aliphatic carbocycles. The Morgan fingerprint density at radius 1 is 1.00 bits per heavy atom. The molecule has 0 heterocycles. The Morgan fingerprint density at radius 2 is 1.74 bits per heavy atom. The molecule has 178 valence electrons. The fourth-order valence-corrected chi connectivity index (χ4v) is 3.97. The third kappa shape index (κ3) is 6.07. The molecule has 2 N–H and O–H groups in total. The van der Waals surface area contributed by atoms with Crippen LogP contribution in [0.3, 0.4) is 0 Å². The first-order chi connectivity index (χ1) is 16.9. The number of nitrogens with one attached hydrogen (secondary N) is 1. The van der Waals surface area contributed by atoms with E-state index in [0.717, 1.165) is 27.5 Å². The molecular weight excluding hydrogens is 460 g/mol. The Kier molecular flexibility index (Phi) is 7.80. The van der Waals surface area contributed by atoms with E-state index in [0.29, 0.717) is 24.7 Å². The van der Waals surface area contributed by atoms with Crippen LogP contribution in [0.4, 0.5) is 0 Å². The van der Waals surface area contributed by atoms with Gasteiger partial charge in [-0.2, -0.15) is 5.10 Å². The van der Waals surface area contributed by atoms with Crippen molar-refractivity contribution in [2.45, 2.75) is 33.0 Å². The van der Waals surface area contributed by atoms with Crippen LogP contribution in [0.1, 0.15) is 52.4 Å². The number of phenols is 1. The van der Waals surface area contributed by atoms with Gasteiger partial charge in [0.05, 0.1) is 24.5 Å². The number of ether oxygens (including phenoxy) is 1. The maximum Gasteiger partial charge on any atom is 0.271 e. The molecule has 4 aromatic carbocycles. The smallest absolute Gasteiger partial charge is 0.271 e. The molecule has 0 aliphatic heterocycles. The van der Waals surface area contributed by atoms with E-state index in [1.807, 2.05) is 24.3 Å². The Bertz CT molecular complexity index is 1360. The van der Waals surface area contributed by atoms with Crippen LogP contribution in [-0.4, -0.2) is 17.2 Å². The van der Waals surface area contributed by atoms with E-state index in [1.165, 1.54) is 23.8 Å². The van der Waals surface area contributed by atoms with Crippen molar-refractivity contribution in [1.29, 1.82) is 0 Å². The van der Waals surface area contributed by atoms with Gasteiger partial charge >= 0.3 is 0 Å². The number of nitrogens with zero attached hydrogens (tertiary/aromatic N) is 1. The predicted molar refractivity (Wildman–Crippen MR) is 141 cm³/mol. The largest absolute Gasteiger partial charge is 0.506 e. The first-order valence-electron chi connectivity index (χ1n) is 11.4. The van der Waals surface area contributed by atoms with Gasteiger partial charge in [0, 0.05) is 11.1 Å². The average Bonchev–Trinajstić information content (AvgIpc) is 2.86. The van der Waals surface area contributed by atoms with Crippen LogP contribution >= 0.6 is 11.6 Å². The molecule has 4 aromatic rings. The number of amides is 1. The number of benzene rings is 4. The molecule has 6 heteroatoms. The standard InChI is InChI=1S/C29H27ClN2O3/c1-19(2)21-11-9-20(10-12-21)17-35-18-24-6-4-7-25-23(5-3-8-26(24)25)16-31-32-29(34)22-13-14-28(33)27(30)15-22/h3-16,19,33H,17-18H2,1-2H3,(H,32,34). The summed E-state index contributed by atoms with van der Waals surface area (Å²) in [5, 5.41) is 15.8. The highest BCUT2D eigenvalue weighted by Gasteiger charge is 2.08. The molecule has 0 unspecified atom stereocenters. The molecule has 0 saturated carbocycles. The Hall–Kier alpha value is -3.67. The summed E-state index contributed by atoms with van der Waals surface area (Å²) in [6.07, 6.45) is 1.61. The van der Waals surface area contributed by atoms with Gasteiger partial charge in [-0.3, -0.25) is 4.79 Å². The molecule has 35 heavy (non-hydrogen) atoms. The zero-order chi connectivity index (χ0) is 24.8. The lowest BCUT2D eigenvalue weighted by molar-refractivity contribution is 0.0955. The average molecular weight is 487 g/mol. The van der Waals surface area contributed by atoms with Gasteiger partial charge in [-0.05, 0) is 51.6 Å². The minimum absolute atomic E-state index is 0.0775. The lowest BCUT2D eigenvalue weighted by atomic mass is 10.0. The van der Waals surface area contributed by atoms with Crippen molar-refractivity contribution < 1.29 is 14.6 Å². The van der Waals surface area contributed by atoms with Crippen molar-refractivity contribution in [2.75, 3.05) is 0 Å². The number of aromatic hydroxyl groups is 1. The van der Waals surface area contributed by atoms with Crippen LogP contribution in [0.25, 0.3) is 10.8 Å². The van der Waals surface area contributed by atoms with E-state index >= 15 is 0 Å². The highest BCUT2D eigenvalue weighted by Crippen LogP contribution is 2.24. The number of hydrazone groups is 1. The molecule has 0 bridgehead atoms. The number of carbonyl (C=O) groups is 1. The summed E-state index contributed by atoms with van der Waals surface area (Å²) in [5.74, 6) is 0.0169. The van der Waals surface area contributed by atoms with Crippen molar-refractivity contribution in [3.63, 3.8) is 0 Å². The van der Waals surface area contributed by atoms with E-state index in [9.17, 15) is 9.90 Å². The van der Waals surface area contributed by atoms with Crippen LogP contribution in [-0.2, 0) is 18.0 Å². The number of carbonyl (C=O) groups excluding carboxylic acids is 1. The van der Waals surface area contributed by atoms with Gasteiger partial charge in [-0.1, -0.05) is 86.1 Å². The topological polar surface area (TPSA) is 70.9 Å². The zero-order valence-electron chi connectivity index (χ0n) is 19.7. The van der Waals surface area contributed by atoms with Gasteiger partial charge in [-0.25, -0.2) is 5.43 Å². The predicted octanol–water partition coefficient (Wildman–Crippen LogP) is 6.80. The molecule has 5 nitrogen and oxygen atoms in total. The van der Waals surface area contributed by atoms with E-state index in [1.54, 1.807) is 6.21 Å². The Morgan fingerprint density at radius 3 is 2.49 bits per heavy atom. The van der Waals surface area contributed by atoms with Gasteiger partial charge in [0.2, 0.25) is 0 Å². The number of hydrogen-bond acceptors (Lipinski definition) is 4. The quantitative estimate of drug-likeness (QED) is 0.212. The second-order valence-electron chi connectivity index (χ2n) is 8.61. The van der Waals surface area contributed by atoms with Gasteiger partial charge in [0.25, 0.3) is 5.91 Å². The van der Waals surface area contributed by atoms with Crippen LogP contribution in [0.5, 0.6) is 5.75 Å². The summed E-state index contributed by atoms with van der Waals surface area (Å²) in [6, 6.07) is 24.8. The molecule has 0 saturated heterocycles. The lowest BCUT2D eigenvalue weighted by Crippen LogP contribution is -2.17. The van der Waals surface area contributed by atoms with Gasteiger partial charge in [-0.15, -0.1) is 0 Å². The first-order valence-corrected chi connectivity index (χ1v) is 11.8. The normalized spacial score (nSPS) is 11.4. The van der Waals surface area contributed by atoms with Crippen LogP contribution in [0, 0.1) is 0 Å². The molecule has 4 rings (SSSR count). The summed E-state index contributed by atoms with van der Waals surface area (Å²) in [4.78, 5) is 12.3. The van der Waals surface area contributed by atoms with Gasteiger partial charge in [0.15, 0.2) is 0 Å². The zero-order valence-corrected chi connectivity index (χ0v) is 20.4. The molecule has 0 spiro atoms. The number of hydrogen-bond donors (Lipinski definition) is 2. The highest BCUT2D eigenvalue weighted by atomic mass is 35.5. The summed E-state index contributed by atoms with van der Waals surface area (Å²) in [7, 11) is 0. The van der Waals surface area contributed by atoms with E-state index in [-0.39, 0.29) is 10.8 Å². The molecule has 0 atom stereocenters. The summed E-state index contributed by atoms with van der Waals surface area (Å²) in [5.41, 5.74) is 7.23. The van der Waals surface area contributed by atoms with Crippen molar-refractivity contribution in [2.24, 2.45) is 5.10 Å². The van der Waals surface area contributed by atoms with Gasteiger partial charge in [0.1, 0.15) is 5.75 Å². The summed E-state index contributed by atoms with van der Waals surface area (Å²) < 4.78 is 6.01. The number of rotatable bonds is 8. The minimum atomic E-state index is -0.418. The molecule has 1 amide bonds. The van der Waals surface area contributed by atoms with Gasteiger partial charge < -0.3 is 9.84 Å². The number of halogens is 1. The highest BCUT2D eigenvalue weighted by molar-refractivity contribution is 6.32. The van der Waals surface area contributed by atoms with Crippen molar-refractivity contribution >= 4 is 34.5 Å². The number of fused-ring (bicyclic) bond motifs is 1. The fourth-order valence-electron chi connectivity index (χ4n) is 3.79. The lowest BCUT2D eigenvalue weighted by Gasteiger charge is -2.10. The second kappa shape index (κ2) is 11.2. The SMILES string of the molecule is CC(C)c1ccc(COCc2cccc3c(C=NNC(=O)c4ccc(O)c(Cl)c4)cccc23)cc1. The maximum absolute atomic E-state index is 12.3. The third-order valence-corrected chi connectivity index (χ3v) is 6.10. The van der Waals surface area contributed by atoms with E-state index < -0.39 is 5.91 Å². The van der Waals surface area contributed by atoms with Crippen molar-refractivity contribution in [1.82, 2.24) is 5.43 Å². The van der Waals surface area contributed by atoms with E-state index in [2.05, 4.69) is 60.8 Å². The minimum Gasteiger partial charge on any atom is -0.506 e. The molecule has 0 aliphatic rings. The Balaban J connectivity index is 1.43. The monoisotopic (exact) mass is 486 g/mol. The number of phenolic OH excluding ortho intramolecular Hbond substituents is 1. The Labute approximate surface area is 210 Å². The van der Waals surface area contributed by atoms with Crippen molar-refractivity contribution in [3.05, 3.63) is 112 Å². The fraction of sp³-hybridized carbons (Fsp3) is 0.172. The maximum atomic E-state index is 12.3. The molecule has 0 radical (unpaired) electrons. The van der Waals surface area contributed by atoms with Crippen LogP contribution < -0.4 is 5.43 Å². The van der Waals surface area contributed by atoms with Crippen LogP contribution in [0.15, 0.2) is 84.0 Å². The molecular formula is C29H27ClN2O3. The summed E-state index contributed by atoms with van der Waals surface area (Å²) >= 11 is 5.88. The van der Waals surface area contributed by atoms with Crippen molar-refractivity contribution in [3.8, 4) is 5.75 Å². The second-order valence-corrected chi connectivity index (χ2v) is 9.02. The molecule has 0 fully saturated rings.